The van der Waals surface area contributed by atoms with Gasteiger partial charge in [0, 0.05) is 16.5 Å². The Labute approximate surface area is 202 Å². The number of amides is 1. The Morgan fingerprint density at radius 1 is 1.09 bits per heavy atom. The maximum Gasteiger partial charge on any atom is 0.348 e. The number of thiophene rings is 1. The summed E-state index contributed by atoms with van der Waals surface area (Å²) in [4.78, 5) is 27.1. The smallest absolute Gasteiger partial charge is 0.348 e. The standard InChI is InChI=1S/C27H25N3O3S/c1-18-12-13-23-20(14-18)15-24(34-23)27(32)33-17-26(31)28-25-16-22(19-8-4-2-5-9-19)29-30(25)21-10-6-3-7-11-21/h2-11,15-16,18H,12-14,17H2,1H3,(H,28,31)/t18-/m1/s1. The Bertz CT molecular complexity index is 1310. The van der Waals surface area contributed by atoms with Crippen LogP contribution in [0.4, 0.5) is 5.82 Å². The fourth-order valence-electron chi connectivity index (χ4n) is 4.17. The third-order valence-corrected chi connectivity index (χ3v) is 7.13. The fourth-order valence-corrected chi connectivity index (χ4v) is 5.28. The number of anilines is 1. The molecule has 0 unspecified atom stereocenters. The lowest BCUT2D eigenvalue weighted by Gasteiger charge is -2.16. The Hall–Kier alpha value is -3.71. The van der Waals surface area contributed by atoms with E-state index in [-0.39, 0.29) is 6.61 Å². The van der Waals surface area contributed by atoms with Gasteiger partial charge in [0.05, 0.1) is 11.4 Å². The largest absolute Gasteiger partial charge is 0.451 e. The molecule has 2 aromatic heterocycles. The van der Waals surface area contributed by atoms with Gasteiger partial charge in [-0.1, -0.05) is 55.5 Å². The summed E-state index contributed by atoms with van der Waals surface area (Å²) < 4.78 is 7.01. The van der Waals surface area contributed by atoms with E-state index in [9.17, 15) is 9.59 Å². The van der Waals surface area contributed by atoms with Crippen molar-refractivity contribution in [2.45, 2.75) is 26.2 Å². The highest BCUT2D eigenvalue weighted by Gasteiger charge is 2.22. The van der Waals surface area contributed by atoms with Gasteiger partial charge in [0.25, 0.3) is 5.91 Å². The van der Waals surface area contributed by atoms with E-state index >= 15 is 0 Å². The van der Waals surface area contributed by atoms with Gasteiger partial charge in [-0.25, -0.2) is 9.48 Å². The van der Waals surface area contributed by atoms with Crippen LogP contribution in [0.15, 0.2) is 72.8 Å². The van der Waals surface area contributed by atoms with Crippen LogP contribution in [0.5, 0.6) is 0 Å². The first-order chi connectivity index (χ1) is 16.6. The van der Waals surface area contributed by atoms with Gasteiger partial charge >= 0.3 is 5.97 Å². The van der Waals surface area contributed by atoms with Gasteiger partial charge in [0.2, 0.25) is 0 Å². The SMILES string of the molecule is C[C@@H]1CCc2sc(C(=O)OCC(=O)Nc3cc(-c4ccccc4)nn3-c3ccccc3)cc2C1. The van der Waals surface area contributed by atoms with Gasteiger partial charge in [0.15, 0.2) is 6.61 Å². The molecule has 1 atom stereocenters. The van der Waals surface area contributed by atoms with Crippen LogP contribution in [-0.4, -0.2) is 28.3 Å². The third-order valence-electron chi connectivity index (χ3n) is 5.91. The number of rotatable bonds is 6. The number of benzene rings is 2. The second kappa shape index (κ2) is 9.65. The Kier molecular flexibility index (Phi) is 6.27. The van der Waals surface area contributed by atoms with Gasteiger partial charge in [-0.15, -0.1) is 11.3 Å². The molecule has 6 nitrogen and oxygen atoms in total. The molecule has 1 aliphatic carbocycles. The predicted molar refractivity (Wildman–Crippen MR) is 133 cm³/mol. The van der Waals surface area contributed by atoms with E-state index in [1.807, 2.05) is 72.8 Å². The third kappa shape index (κ3) is 4.79. The number of nitrogens with one attached hydrogen (secondary N) is 1. The molecular formula is C27H25N3O3S. The molecule has 172 valence electrons. The molecule has 4 aromatic rings. The lowest BCUT2D eigenvalue weighted by molar-refractivity contribution is -0.119. The van der Waals surface area contributed by atoms with Crippen molar-refractivity contribution in [2.24, 2.45) is 5.92 Å². The normalized spacial score (nSPS) is 14.9. The van der Waals surface area contributed by atoms with Crippen LogP contribution in [0, 0.1) is 5.92 Å². The van der Waals surface area contributed by atoms with Crippen molar-refractivity contribution in [3.63, 3.8) is 0 Å². The Balaban J connectivity index is 1.29. The molecule has 0 radical (unpaired) electrons. The first-order valence-electron chi connectivity index (χ1n) is 11.4. The second-order valence-electron chi connectivity index (χ2n) is 8.56. The minimum absolute atomic E-state index is 0.363. The zero-order chi connectivity index (χ0) is 23.5. The first kappa shape index (κ1) is 22.1. The number of aryl methyl sites for hydroxylation is 1. The van der Waals surface area contributed by atoms with Crippen molar-refractivity contribution in [2.75, 3.05) is 11.9 Å². The number of hydrogen-bond donors (Lipinski definition) is 1. The highest BCUT2D eigenvalue weighted by molar-refractivity contribution is 7.14. The quantitative estimate of drug-likeness (QED) is 0.376. The van der Waals surface area contributed by atoms with Crippen LogP contribution in [0.25, 0.3) is 16.9 Å². The van der Waals surface area contributed by atoms with E-state index in [0.717, 1.165) is 36.2 Å². The lowest BCUT2D eigenvalue weighted by Crippen LogP contribution is -2.22. The molecule has 2 aromatic carbocycles. The summed E-state index contributed by atoms with van der Waals surface area (Å²) in [5, 5.41) is 7.53. The van der Waals surface area contributed by atoms with Crippen LogP contribution in [0.3, 0.4) is 0 Å². The maximum absolute atomic E-state index is 12.7. The molecule has 0 bridgehead atoms. The number of aromatic nitrogens is 2. The Morgan fingerprint density at radius 2 is 1.82 bits per heavy atom. The van der Waals surface area contributed by atoms with E-state index in [0.29, 0.717) is 16.6 Å². The summed E-state index contributed by atoms with van der Waals surface area (Å²) in [7, 11) is 0. The Morgan fingerprint density at radius 3 is 2.59 bits per heavy atom. The molecule has 1 N–H and O–H groups in total. The van der Waals surface area contributed by atoms with Crippen LogP contribution in [0.1, 0.15) is 33.5 Å². The van der Waals surface area contributed by atoms with Gasteiger partial charge in [-0.2, -0.15) is 5.10 Å². The zero-order valence-corrected chi connectivity index (χ0v) is 19.7. The highest BCUT2D eigenvalue weighted by atomic mass is 32.1. The number of carbonyl (C=O) groups is 2. The monoisotopic (exact) mass is 471 g/mol. The number of esters is 1. The number of carbonyl (C=O) groups excluding carboxylic acids is 2. The van der Waals surface area contributed by atoms with Gasteiger partial charge in [-0.05, 0) is 48.9 Å². The van der Waals surface area contributed by atoms with E-state index in [4.69, 9.17) is 4.74 Å². The highest BCUT2D eigenvalue weighted by Crippen LogP contribution is 2.32. The number of para-hydroxylation sites is 1. The van der Waals surface area contributed by atoms with Gasteiger partial charge < -0.3 is 10.1 Å². The average Bonchev–Trinajstić information content (AvgIpc) is 3.48. The summed E-state index contributed by atoms with van der Waals surface area (Å²) in [6, 6.07) is 23.1. The number of hydrogen-bond acceptors (Lipinski definition) is 5. The van der Waals surface area contributed by atoms with E-state index in [1.165, 1.54) is 21.8 Å². The van der Waals surface area contributed by atoms with Crippen molar-refractivity contribution < 1.29 is 14.3 Å². The van der Waals surface area contributed by atoms with E-state index in [2.05, 4.69) is 17.3 Å². The fraction of sp³-hybridized carbons (Fsp3) is 0.222. The van der Waals surface area contributed by atoms with Crippen molar-refractivity contribution in [1.29, 1.82) is 0 Å². The maximum atomic E-state index is 12.7. The summed E-state index contributed by atoms with van der Waals surface area (Å²) in [5.74, 6) is 0.266. The minimum atomic E-state index is -0.455. The van der Waals surface area contributed by atoms with Gasteiger partial charge in [0.1, 0.15) is 10.7 Å². The average molecular weight is 472 g/mol. The second-order valence-corrected chi connectivity index (χ2v) is 9.70. The zero-order valence-electron chi connectivity index (χ0n) is 18.9. The molecule has 0 spiro atoms. The predicted octanol–water partition coefficient (Wildman–Crippen LogP) is 5.52. The topological polar surface area (TPSA) is 73.2 Å². The summed E-state index contributed by atoms with van der Waals surface area (Å²) in [6.45, 7) is 1.87. The van der Waals surface area contributed by atoms with E-state index in [1.54, 1.807) is 4.68 Å². The molecule has 1 aliphatic rings. The molecule has 1 amide bonds. The van der Waals surface area contributed by atoms with Crippen molar-refractivity contribution >= 4 is 29.0 Å². The molecular weight excluding hydrogens is 446 g/mol. The minimum Gasteiger partial charge on any atom is -0.451 e. The summed E-state index contributed by atoms with van der Waals surface area (Å²) in [6.07, 6.45) is 3.14. The molecule has 0 saturated carbocycles. The molecule has 7 heteroatoms. The molecule has 0 saturated heterocycles. The van der Waals surface area contributed by atoms with Crippen molar-refractivity contribution in [1.82, 2.24) is 9.78 Å². The number of fused-ring (bicyclic) bond motifs is 1. The van der Waals surface area contributed by atoms with Crippen LogP contribution in [-0.2, 0) is 22.4 Å². The molecule has 0 aliphatic heterocycles. The van der Waals surface area contributed by atoms with Crippen LogP contribution >= 0.6 is 11.3 Å². The van der Waals surface area contributed by atoms with Gasteiger partial charge in [-0.3, -0.25) is 4.79 Å². The first-order valence-corrected chi connectivity index (χ1v) is 12.2. The van der Waals surface area contributed by atoms with Crippen molar-refractivity contribution in [3.05, 3.63) is 88.1 Å². The number of nitrogens with zero attached hydrogens (tertiary/aromatic N) is 2. The molecule has 5 rings (SSSR count). The van der Waals surface area contributed by atoms with Crippen molar-refractivity contribution in [3.8, 4) is 16.9 Å². The summed E-state index contributed by atoms with van der Waals surface area (Å²) >= 11 is 1.48. The van der Waals surface area contributed by atoms with Crippen LogP contribution in [0.2, 0.25) is 0 Å². The molecule has 34 heavy (non-hydrogen) atoms. The summed E-state index contributed by atoms with van der Waals surface area (Å²) in [5.41, 5.74) is 3.72. The molecule has 0 fully saturated rings. The van der Waals surface area contributed by atoms with Crippen LogP contribution < -0.4 is 5.32 Å². The number of ether oxygens (including phenoxy) is 1. The molecule has 2 heterocycles. The van der Waals surface area contributed by atoms with E-state index < -0.39 is 11.9 Å². The lowest BCUT2D eigenvalue weighted by atomic mass is 9.90.